The van der Waals surface area contributed by atoms with Gasteiger partial charge in [-0.3, -0.25) is 0 Å². The highest BCUT2D eigenvalue weighted by Crippen LogP contribution is 2.24. The van der Waals surface area contributed by atoms with Crippen LogP contribution >= 0.6 is 23.2 Å². The van der Waals surface area contributed by atoms with Crippen molar-refractivity contribution in [1.29, 1.82) is 0 Å². The Morgan fingerprint density at radius 3 is 2.75 bits per heavy atom. The second-order valence-corrected chi connectivity index (χ2v) is 3.02. The predicted octanol–water partition coefficient (Wildman–Crippen LogP) is 2.60. The Morgan fingerprint density at radius 1 is 1.42 bits per heavy atom. The molecule has 0 saturated heterocycles. The van der Waals surface area contributed by atoms with Crippen LogP contribution in [0.3, 0.4) is 0 Å². The first kappa shape index (κ1) is 9.36. The van der Waals surface area contributed by atoms with Gasteiger partial charge in [-0.1, -0.05) is 23.2 Å². The fourth-order valence-electron chi connectivity index (χ4n) is 0.784. The fourth-order valence-corrected chi connectivity index (χ4v) is 1.26. The zero-order valence-electron chi connectivity index (χ0n) is 6.18. The van der Waals surface area contributed by atoms with Crippen LogP contribution in [0, 0.1) is 0 Å². The van der Waals surface area contributed by atoms with Crippen molar-refractivity contribution in [3.63, 3.8) is 0 Å². The van der Waals surface area contributed by atoms with Gasteiger partial charge in [0.15, 0.2) is 0 Å². The Morgan fingerprint density at radius 2 is 2.17 bits per heavy atom. The highest BCUT2D eigenvalue weighted by molar-refractivity contribution is 6.36. The second-order valence-electron chi connectivity index (χ2n) is 2.17. The molecule has 1 N–H and O–H groups in total. The molecule has 0 fully saturated rings. The molecule has 0 saturated carbocycles. The van der Waals surface area contributed by atoms with Crippen molar-refractivity contribution in [1.82, 2.24) is 0 Å². The molecule has 1 rings (SSSR count). The maximum absolute atomic E-state index is 10.0. The fraction of sp³-hybridized carbons (Fsp3) is 0.125. The van der Waals surface area contributed by atoms with E-state index in [1.807, 2.05) is 0 Å². The number of halogens is 2. The zero-order valence-corrected chi connectivity index (χ0v) is 7.69. The summed E-state index contributed by atoms with van der Waals surface area (Å²) in [7, 11) is 0. The van der Waals surface area contributed by atoms with Gasteiger partial charge in [0.2, 0.25) is 0 Å². The number of benzene rings is 1. The van der Waals surface area contributed by atoms with E-state index in [2.05, 4.69) is 5.32 Å². The average molecular weight is 204 g/mol. The van der Waals surface area contributed by atoms with Crippen molar-refractivity contribution in [3.8, 4) is 0 Å². The summed E-state index contributed by atoms with van der Waals surface area (Å²) in [5, 5.41) is 3.93. The van der Waals surface area contributed by atoms with E-state index in [0.29, 0.717) is 15.7 Å². The van der Waals surface area contributed by atoms with Gasteiger partial charge in [0.25, 0.3) is 0 Å². The molecule has 0 bridgehead atoms. The van der Waals surface area contributed by atoms with Crippen molar-refractivity contribution in [2.45, 2.75) is 0 Å². The number of carbonyl (C=O) groups is 1. The summed E-state index contributed by atoms with van der Waals surface area (Å²) in [5.41, 5.74) is 0.716. The molecule has 12 heavy (non-hydrogen) atoms. The second kappa shape index (κ2) is 4.33. The van der Waals surface area contributed by atoms with E-state index < -0.39 is 0 Å². The lowest BCUT2D eigenvalue weighted by Gasteiger charge is -2.04. The lowest BCUT2D eigenvalue weighted by molar-refractivity contribution is -0.106. The monoisotopic (exact) mass is 203 g/mol. The molecule has 0 unspecified atom stereocenters. The molecule has 0 amide bonds. The van der Waals surface area contributed by atoms with E-state index in [-0.39, 0.29) is 6.54 Å². The zero-order chi connectivity index (χ0) is 8.97. The van der Waals surface area contributed by atoms with Crippen LogP contribution < -0.4 is 5.32 Å². The molecular formula is C8H7Cl2NO. The Labute approximate surface area is 80.5 Å². The normalized spacial score (nSPS) is 9.50. The Bertz CT molecular complexity index is 288. The summed E-state index contributed by atoms with van der Waals surface area (Å²) in [4.78, 5) is 10.0. The van der Waals surface area contributed by atoms with Crippen LogP contribution in [-0.2, 0) is 4.79 Å². The first-order chi connectivity index (χ1) is 5.74. The van der Waals surface area contributed by atoms with E-state index in [1.54, 1.807) is 18.2 Å². The average Bonchev–Trinajstić information content (AvgIpc) is 2.03. The molecule has 1 aromatic carbocycles. The summed E-state index contributed by atoms with van der Waals surface area (Å²) in [6.45, 7) is 0.251. The first-order valence-corrected chi connectivity index (χ1v) is 4.12. The number of hydrogen-bond acceptors (Lipinski definition) is 2. The van der Waals surface area contributed by atoms with Gasteiger partial charge in [-0.05, 0) is 18.2 Å². The molecule has 0 aliphatic carbocycles. The minimum atomic E-state index is 0.251. The van der Waals surface area contributed by atoms with E-state index >= 15 is 0 Å². The molecule has 0 spiro atoms. The van der Waals surface area contributed by atoms with Gasteiger partial charge in [0, 0.05) is 5.02 Å². The maximum Gasteiger partial charge on any atom is 0.139 e. The third-order valence-electron chi connectivity index (χ3n) is 1.31. The summed E-state index contributed by atoms with van der Waals surface area (Å²) < 4.78 is 0. The van der Waals surface area contributed by atoms with Gasteiger partial charge in [-0.2, -0.15) is 0 Å². The number of rotatable bonds is 3. The minimum absolute atomic E-state index is 0.251. The number of hydrogen-bond donors (Lipinski definition) is 1. The van der Waals surface area contributed by atoms with Gasteiger partial charge < -0.3 is 10.1 Å². The molecule has 0 radical (unpaired) electrons. The topological polar surface area (TPSA) is 29.1 Å². The molecule has 0 heterocycles. The summed E-state index contributed by atoms with van der Waals surface area (Å²) in [6.07, 6.45) is 0.769. The van der Waals surface area contributed by atoms with Gasteiger partial charge in [0.05, 0.1) is 17.3 Å². The highest BCUT2D eigenvalue weighted by atomic mass is 35.5. The van der Waals surface area contributed by atoms with E-state index in [0.717, 1.165) is 6.29 Å². The third kappa shape index (κ3) is 2.40. The lowest BCUT2D eigenvalue weighted by atomic mass is 10.3. The third-order valence-corrected chi connectivity index (χ3v) is 1.85. The van der Waals surface area contributed by atoms with Crippen LogP contribution in [-0.4, -0.2) is 12.8 Å². The molecule has 0 atom stereocenters. The molecule has 0 aliphatic heterocycles. The Hall–Kier alpha value is -0.730. The van der Waals surface area contributed by atoms with Gasteiger partial charge in [0.1, 0.15) is 6.29 Å². The van der Waals surface area contributed by atoms with Crippen LogP contribution in [0.25, 0.3) is 0 Å². The van der Waals surface area contributed by atoms with Gasteiger partial charge in [-0.25, -0.2) is 0 Å². The quantitative estimate of drug-likeness (QED) is 0.766. The summed E-state index contributed by atoms with van der Waals surface area (Å²) in [6, 6.07) is 5.06. The highest BCUT2D eigenvalue weighted by Gasteiger charge is 1.98. The van der Waals surface area contributed by atoms with Gasteiger partial charge >= 0.3 is 0 Å². The number of anilines is 1. The molecular weight excluding hydrogens is 197 g/mol. The van der Waals surface area contributed by atoms with Crippen LogP contribution in [0.5, 0.6) is 0 Å². The predicted molar refractivity (Wildman–Crippen MR) is 51.0 cm³/mol. The largest absolute Gasteiger partial charge is 0.377 e. The van der Waals surface area contributed by atoms with Crippen molar-refractivity contribution in [2.75, 3.05) is 11.9 Å². The molecule has 2 nitrogen and oxygen atoms in total. The van der Waals surface area contributed by atoms with Crippen LogP contribution in [0.2, 0.25) is 10.0 Å². The molecule has 1 aromatic rings. The molecule has 64 valence electrons. The smallest absolute Gasteiger partial charge is 0.139 e. The van der Waals surface area contributed by atoms with Crippen molar-refractivity contribution in [2.24, 2.45) is 0 Å². The van der Waals surface area contributed by atoms with Crippen molar-refractivity contribution >= 4 is 35.2 Å². The van der Waals surface area contributed by atoms with Crippen LogP contribution in [0.15, 0.2) is 18.2 Å². The van der Waals surface area contributed by atoms with Gasteiger partial charge in [-0.15, -0.1) is 0 Å². The molecule has 4 heteroatoms. The maximum atomic E-state index is 10.0. The number of carbonyl (C=O) groups excluding carboxylic acids is 1. The van der Waals surface area contributed by atoms with Crippen LogP contribution in [0.4, 0.5) is 5.69 Å². The van der Waals surface area contributed by atoms with Crippen molar-refractivity contribution < 1.29 is 4.79 Å². The van der Waals surface area contributed by atoms with E-state index in [9.17, 15) is 4.79 Å². The van der Waals surface area contributed by atoms with Crippen molar-refractivity contribution in [3.05, 3.63) is 28.2 Å². The van der Waals surface area contributed by atoms with E-state index in [4.69, 9.17) is 23.2 Å². The molecule has 0 aliphatic rings. The molecule has 0 aromatic heterocycles. The number of nitrogens with one attached hydrogen (secondary N) is 1. The first-order valence-electron chi connectivity index (χ1n) is 3.36. The minimum Gasteiger partial charge on any atom is -0.377 e. The Balaban J connectivity index is 2.78. The lowest BCUT2D eigenvalue weighted by Crippen LogP contribution is -2.02. The summed E-state index contributed by atoms with van der Waals surface area (Å²) >= 11 is 11.5. The Kier molecular flexibility index (Phi) is 3.38. The standard InChI is InChI=1S/C8H7Cl2NO/c9-6-1-2-8(7(10)5-6)11-3-4-12/h1-2,4-5,11H,3H2. The van der Waals surface area contributed by atoms with Crippen LogP contribution in [0.1, 0.15) is 0 Å². The summed E-state index contributed by atoms with van der Waals surface area (Å²) in [5.74, 6) is 0. The van der Waals surface area contributed by atoms with E-state index in [1.165, 1.54) is 0 Å². The SMILES string of the molecule is O=CCNc1ccc(Cl)cc1Cl. The number of aldehydes is 1.